The smallest absolute Gasteiger partial charge is 0.390 e. The lowest BCUT2D eigenvalue weighted by Gasteiger charge is -2.17. The maximum absolute atomic E-state index is 12.0. The topological polar surface area (TPSA) is 70.5 Å². The largest absolute Gasteiger partial charge is 0.478 e. The average Bonchev–Trinajstić information content (AvgIpc) is 2.34. The minimum atomic E-state index is -4.34. The van der Waals surface area contributed by atoms with Crippen LogP contribution in [0.4, 0.5) is 13.2 Å². The molecule has 0 aliphatic heterocycles. The Kier molecular flexibility index (Phi) is 4.47. The predicted octanol–water partition coefficient (Wildman–Crippen LogP) is 1.80. The number of amides is 1. The van der Waals surface area contributed by atoms with E-state index in [9.17, 15) is 22.8 Å². The van der Waals surface area contributed by atoms with Crippen molar-refractivity contribution in [2.24, 2.45) is 0 Å². The van der Waals surface area contributed by atoms with Gasteiger partial charge in [0.1, 0.15) is 5.69 Å². The summed E-state index contributed by atoms with van der Waals surface area (Å²) >= 11 is 0. The number of rotatable bonds is 4. The van der Waals surface area contributed by atoms with E-state index in [0.717, 1.165) is 17.2 Å². The summed E-state index contributed by atoms with van der Waals surface area (Å²) in [5, 5.41) is 8.64. The molecule has 0 aliphatic carbocycles. The zero-order chi connectivity index (χ0) is 14.6. The third-order valence-corrected chi connectivity index (χ3v) is 2.31. The van der Waals surface area contributed by atoms with E-state index in [2.05, 4.69) is 4.98 Å². The van der Waals surface area contributed by atoms with Crippen LogP contribution in [0, 0.1) is 0 Å². The van der Waals surface area contributed by atoms with Crippen molar-refractivity contribution in [2.45, 2.75) is 12.6 Å². The molecule has 0 bridgehead atoms. The number of carboxylic acid groups (broad SMARTS) is 1. The molecule has 0 aliphatic rings. The van der Waals surface area contributed by atoms with Crippen molar-refractivity contribution >= 4 is 11.9 Å². The van der Waals surface area contributed by atoms with Crippen LogP contribution in [0.25, 0.3) is 0 Å². The van der Waals surface area contributed by atoms with E-state index in [-0.39, 0.29) is 11.3 Å². The third kappa shape index (κ3) is 4.57. The van der Waals surface area contributed by atoms with Crippen LogP contribution >= 0.6 is 0 Å². The fourth-order valence-corrected chi connectivity index (χ4v) is 1.24. The van der Waals surface area contributed by atoms with Crippen molar-refractivity contribution in [1.82, 2.24) is 9.88 Å². The van der Waals surface area contributed by atoms with Crippen LogP contribution in [0.5, 0.6) is 0 Å². The standard InChI is InChI=1S/C11H11F3N2O3/c1-16(5-4-11(12,13)14)9(17)8-3-2-7(6-15-8)10(18)19/h2-3,6H,4-5H2,1H3,(H,18,19). The quantitative estimate of drug-likeness (QED) is 0.910. The molecular weight excluding hydrogens is 265 g/mol. The second kappa shape index (κ2) is 5.68. The number of carboxylic acids is 1. The molecule has 0 unspecified atom stereocenters. The zero-order valence-corrected chi connectivity index (χ0v) is 9.94. The molecule has 0 saturated carbocycles. The van der Waals surface area contributed by atoms with Gasteiger partial charge in [-0.2, -0.15) is 13.2 Å². The van der Waals surface area contributed by atoms with Gasteiger partial charge >= 0.3 is 12.1 Å². The number of pyridine rings is 1. The highest BCUT2D eigenvalue weighted by molar-refractivity contribution is 5.93. The van der Waals surface area contributed by atoms with E-state index in [4.69, 9.17) is 5.11 Å². The van der Waals surface area contributed by atoms with E-state index in [0.29, 0.717) is 0 Å². The van der Waals surface area contributed by atoms with Gasteiger partial charge in [-0.1, -0.05) is 0 Å². The van der Waals surface area contributed by atoms with Crippen LogP contribution in [0.2, 0.25) is 0 Å². The molecule has 104 valence electrons. The lowest BCUT2D eigenvalue weighted by Crippen LogP contribution is -2.31. The Morgan fingerprint density at radius 1 is 1.37 bits per heavy atom. The first-order valence-corrected chi connectivity index (χ1v) is 5.22. The minimum absolute atomic E-state index is 0.102. The van der Waals surface area contributed by atoms with E-state index in [1.807, 2.05) is 0 Å². The molecule has 19 heavy (non-hydrogen) atoms. The average molecular weight is 276 g/mol. The van der Waals surface area contributed by atoms with Gasteiger partial charge in [-0.05, 0) is 12.1 Å². The number of carbonyl (C=O) groups is 2. The van der Waals surface area contributed by atoms with E-state index in [1.165, 1.54) is 13.1 Å². The van der Waals surface area contributed by atoms with Gasteiger partial charge in [0.2, 0.25) is 0 Å². The molecule has 0 saturated heterocycles. The molecule has 0 aromatic carbocycles. The van der Waals surface area contributed by atoms with Gasteiger partial charge < -0.3 is 10.0 Å². The van der Waals surface area contributed by atoms with Crippen molar-refractivity contribution in [3.8, 4) is 0 Å². The number of carbonyl (C=O) groups excluding carboxylic acids is 1. The van der Waals surface area contributed by atoms with Gasteiger partial charge in [-0.3, -0.25) is 9.78 Å². The molecular formula is C11H11F3N2O3. The van der Waals surface area contributed by atoms with Crippen molar-refractivity contribution in [3.63, 3.8) is 0 Å². The highest BCUT2D eigenvalue weighted by Gasteiger charge is 2.28. The molecule has 8 heteroatoms. The Hall–Kier alpha value is -2.12. The Labute approximate surface area is 106 Å². The molecule has 0 radical (unpaired) electrons. The van der Waals surface area contributed by atoms with Crippen LogP contribution in [-0.4, -0.2) is 46.6 Å². The first kappa shape index (κ1) is 14.9. The normalized spacial score (nSPS) is 11.2. The summed E-state index contributed by atoms with van der Waals surface area (Å²) in [5.41, 5.74) is -0.204. The number of aromatic nitrogens is 1. The Morgan fingerprint density at radius 3 is 2.42 bits per heavy atom. The first-order chi connectivity index (χ1) is 8.70. The van der Waals surface area contributed by atoms with Gasteiger partial charge in [0.25, 0.3) is 5.91 Å². The lowest BCUT2D eigenvalue weighted by atomic mass is 10.2. The Morgan fingerprint density at radius 2 is 2.00 bits per heavy atom. The van der Waals surface area contributed by atoms with Gasteiger partial charge in [-0.25, -0.2) is 4.79 Å². The van der Waals surface area contributed by atoms with Crippen LogP contribution in [0.3, 0.4) is 0 Å². The van der Waals surface area contributed by atoms with Crippen molar-refractivity contribution in [1.29, 1.82) is 0 Å². The van der Waals surface area contributed by atoms with Gasteiger partial charge in [-0.15, -0.1) is 0 Å². The number of hydrogen-bond acceptors (Lipinski definition) is 3. The fourth-order valence-electron chi connectivity index (χ4n) is 1.24. The van der Waals surface area contributed by atoms with Crippen molar-refractivity contribution in [2.75, 3.05) is 13.6 Å². The second-order valence-corrected chi connectivity index (χ2v) is 3.83. The molecule has 5 nitrogen and oxygen atoms in total. The predicted molar refractivity (Wildman–Crippen MR) is 58.8 cm³/mol. The maximum Gasteiger partial charge on any atom is 0.390 e. The monoisotopic (exact) mass is 276 g/mol. The summed E-state index contributed by atoms with van der Waals surface area (Å²) in [6.07, 6.45) is -4.47. The lowest BCUT2D eigenvalue weighted by molar-refractivity contribution is -0.136. The molecule has 1 amide bonds. The van der Waals surface area contributed by atoms with Crippen LogP contribution in [0.15, 0.2) is 18.3 Å². The molecule has 0 atom stereocenters. The number of nitrogens with zero attached hydrogens (tertiary/aromatic N) is 2. The third-order valence-electron chi connectivity index (χ3n) is 2.31. The van der Waals surface area contributed by atoms with Gasteiger partial charge in [0, 0.05) is 19.8 Å². The SMILES string of the molecule is CN(CCC(F)(F)F)C(=O)c1ccc(C(=O)O)cn1. The summed E-state index contributed by atoms with van der Waals surface area (Å²) in [6.45, 7) is -0.481. The Bertz CT molecular complexity index is 471. The molecule has 1 heterocycles. The van der Waals surface area contributed by atoms with E-state index >= 15 is 0 Å². The second-order valence-electron chi connectivity index (χ2n) is 3.83. The van der Waals surface area contributed by atoms with Crippen molar-refractivity contribution < 1.29 is 27.9 Å². The molecule has 1 N–H and O–H groups in total. The van der Waals surface area contributed by atoms with Gasteiger partial charge in [0.15, 0.2) is 0 Å². The number of halogens is 3. The number of hydrogen-bond donors (Lipinski definition) is 1. The van der Waals surface area contributed by atoms with Crippen LogP contribution in [-0.2, 0) is 0 Å². The summed E-state index contributed by atoms with van der Waals surface area (Å²) in [5.74, 6) is -1.89. The fraction of sp³-hybridized carbons (Fsp3) is 0.364. The molecule has 0 spiro atoms. The van der Waals surface area contributed by atoms with Gasteiger partial charge in [0.05, 0.1) is 12.0 Å². The Balaban J connectivity index is 2.69. The summed E-state index contributed by atoms with van der Waals surface area (Å²) < 4.78 is 36.0. The highest BCUT2D eigenvalue weighted by Crippen LogP contribution is 2.19. The molecule has 1 aromatic heterocycles. The molecule has 0 fully saturated rings. The van der Waals surface area contributed by atoms with Crippen LogP contribution in [0.1, 0.15) is 27.3 Å². The highest BCUT2D eigenvalue weighted by atomic mass is 19.4. The molecule has 1 rings (SSSR count). The molecule has 1 aromatic rings. The zero-order valence-electron chi connectivity index (χ0n) is 9.94. The summed E-state index contributed by atoms with van der Waals surface area (Å²) in [6, 6.07) is 2.33. The summed E-state index contributed by atoms with van der Waals surface area (Å²) in [4.78, 5) is 26.8. The summed E-state index contributed by atoms with van der Waals surface area (Å²) in [7, 11) is 1.22. The first-order valence-electron chi connectivity index (χ1n) is 5.22. The van der Waals surface area contributed by atoms with Crippen molar-refractivity contribution in [3.05, 3.63) is 29.6 Å². The van der Waals surface area contributed by atoms with Crippen LogP contribution < -0.4 is 0 Å². The number of alkyl halides is 3. The number of aromatic carboxylic acids is 1. The maximum atomic E-state index is 12.0. The minimum Gasteiger partial charge on any atom is -0.478 e. The van der Waals surface area contributed by atoms with E-state index in [1.54, 1.807) is 0 Å². The van der Waals surface area contributed by atoms with E-state index < -0.39 is 31.0 Å².